The maximum atomic E-state index is 5.82. The van der Waals surface area contributed by atoms with Gasteiger partial charge in [0.05, 0.1) is 0 Å². The molecule has 2 fully saturated rings. The summed E-state index contributed by atoms with van der Waals surface area (Å²) >= 11 is 0. The van der Waals surface area contributed by atoms with E-state index in [4.69, 9.17) is 5.73 Å². The molecular formula is C8H15N. The Labute approximate surface area is 56.6 Å². The second-order valence-electron chi connectivity index (χ2n) is 3.86. The standard InChI is InChI=1S/C8H15N/c9-7-2-5-8(6-7)3-1-4-8/h7H,1-6,9H2. The number of hydrogen-bond acceptors (Lipinski definition) is 1. The summed E-state index contributed by atoms with van der Waals surface area (Å²) in [5.74, 6) is 0. The molecule has 9 heavy (non-hydrogen) atoms. The van der Waals surface area contributed by atoms with Crippen LogP contribution in [-0.2, 0) is 0 Å². The van der Waals surface area contributed by atoms with Gasteiger partial charge in [-0.05, 0) is 37.5 Å². The van der Waals surface area contributed by atoms with Gasteiger partial charge in [0.1, 0.15) is 0 Å². The van der Waals surface area contributed by atoms with Gasteiger partial charge >= 0.3 is 0 Å². The van der Waals surface area contributed by atoms with Gasteiger partial charge in [-0.1, -0.05) is 6.42 Å². The summed E-state index contributed by atoms with van der Waals surface area (Å²) in [6, 6.07) is 0.547. The SMILES string of the molecule is NC1CCC2(CCC2)C1. The molecule has 52 valence electrons. The second kappa shape index (κ2) is 1.72. The first-order valence-electron chi connectivity index (χ1n) is 4.06. The Morgan fingerprint density at radius 1 is 1.22 bits per heavy atom. The van der Waals surface area contributed by atoms with Crippen LogP contribution in [0, 0.1) is 5.41 Å². The molecule has 0 saturated heterocycles. The first-order chi connectivity index (χ1) is 4.31. The normalized spacial score (nSPS) is 39.0. The fourth-order valence-corrected chi connectivity index (χ4v) is 2.38. The average Bonchev–Trinajstić information content (AvgIpc) is 2.09. The van der Waals surface area contributed by atoms with E-state index in [0.29, 0.717) is 6.04 Å². The smallest absolute Gasteiger partial charge is 0.00443 e. The second-order valence-corrected chi connectivity index (χ2v) is 3.86. The van der Waals surface area contributed by atoms with Crippen LogP contribution < -0.4 is 5.73 Å². The predicted octanol–water partition coefficient (Wildman–Crippen LogP) is 1.67. The van der Waals surface area contributed by atoms with Crippen LogP contribution in [0.15, 0.2) is 0 Å². The minimum atomic E-state index is 0.547. The minimum Gasteiger partial charge on any atom is -0.328 e. The third kappa shape index (κ3) is 0.787. The van der Waals surface area contributed by atoms with Crippen LogP contribution in [0.4, 0.5) is 0 Å². The molecule has 0 aromatic carbocycles. The van der Waals surface area contributed by atoms with Crippen LogP contribution in [0.2, 0.25) is 0 Å². The lowest BCUT2D eigenvalue weighted by Crippen LogP contribution is -2.28. The van der Waals surface area contributed by atoms with Crippen molar-refractivity contribution >= 4 is 0 Å². The molecule has 2 aliphatic carbocycles. The molecule has 2 rings (SSSR count). The monoisotopic (exact) mass is 125 g/mol. The predicted molar refractivity (Wildman–Crippen MR) is 38.1 cm³/mol. The summed E-state index contributed by atoms with van der Waals surface area (Å²) in [4.78, 5) is 0. The third-order valence-electron chi connectivity index (χ3n) is 3.15. The van der Waals surface area contributed by atoms with E-state index in [9.17, 15) is 0 Å². The van der Waals surface area contributed by atoms with Crippen molar-refractivity contribution in [1.29, 1.82) is 0 Å². The van der Waals surface area contributed by atoms with Gasteiger partial charge in [0.15, 0.2) is 0 Å². The third-order valence-corrected chi connectivity index (χ3v) is 3.15. The van der Waals surface area contributed by atoms with Crippen molar-refractivity contribution in [1.82, 2.24) is 0 Å². The topological polar surface area (TPSA) is 26.0 Å². The van der Waals surface area contributed by atoms with Crippen molar-refractivity contribution in [3.63, 3.8) is 0 Å². The number of nitrogens with two attached hydrogens (primary N) is 1. The van der Waals surface area contributed by atoms with Gasteiger partial charge in [0.2, 0.25) is 0 Å². The van der Waals surface area contributed by atoms with Crippen molar-refractivity contribution in [2.24, 2.45) is 11.1 Å². The van der Waals surface area contributed by atoms with E-state index in [1.165, 1.54) is 38.5 Å². The Hall–Kier alpha value is -0.0400. The molecule has 0 aromatic heterocycles. The lowest BCUT2D eigenvalue weighted by atomic mass is 9.68. The fraction of sp³-hybridized carbons (Fsp3) is 1.00. The highest BCUT2D eigenvalue weighted by Crippen LogP contribution is 2.52. The zero-order valence-electron chi connectivity index (χ0n) is 5.90. The summed E-state index contributed by atoms with van der Waals surface area (Å²) in [6.45, 7) is 0. The van der Waals surface area contributed by atoms with Crippen molar-refractivity contribution in [3.05, 3.63) is 0 Å². The lowest BCUT2D eigenvalue weighted by Gasteiger charge is -2.38. The van der Waals surface area contributed by atoms with Gasteiger partial charge in [-0.2, -0.15) is 0 Å². The molecule has 1 heteroatoms. The van der Waals surface area contributed by atoms with Crippen LogP contribution in [-0.4, -0.2) is 6.04 Å². The van der Waals surface area contributed by atoms with E-state index >= 15 is 0 Å². The Bertz CT molecular complexity index is 116. The summed E-state index contributed by atoms with van der Waals surface area (Å²) in [5, 5.41) is 0. The van der Waals surface area contributed by atoms with Gasteiger partial charge in [-0.3, -0.25) is 0 Å². The molecule has 2 aliphatic rings. The maximum Gasteiger partial charge on any atom is 0.00443 e. The number of rotatable bonds is 0. The lowest BCUT2D eigenvalue weighted by molar-refractivity contribution is 0.141. The van der Waals surface area contributed by atoms with Gasteiger partial charge in [0.25, 0.3) is 0 Å². The quantitative estimate of drug-likeness (QED) is 0.523. The zero-order chi connectivity index (χ0) is 6.32. The van der Waals surface area contributed by atoms with Gasteiger partial charge in [0, 0.05) is 6.04 Å². The number of hydrogen-bond donors (Lipinski definition) is 1. The molecule has 1 spiro atoms. The summed E-state index contributed by atoms with van der Waals surface area (Å²) in [6.07, 6.45) is 8.45. The molecule has 0 bridgehead atoms. The van der Waals surface area contributed by atoms with Gasteiger partial charge in [-0.25, -0.2) is 0 Å². The van der Waals surface area contributed by atoms with Crippen LogP contribution >= 0.6 is 0 Å². The molecule has 1 nitrogen and oxygen atoms in total. The molecule has 1 unspecified atom stereocenters. The van der Waals surface area contributed by atoms with E-state index < -0.39 is 0 Å². The Balaban J connectivity index is 1.99. The van der Waals surface area contributed by atoms with E-state index in [1.54, 1.807) is 0 Å². The molecule has 0 heterocycles. The highest BCUT2D eigenvalue weighted by molar-refractivity contribution is 4.96. The van der Waals surface area contributed by atoms with Crippen LogP contribution in [0.1, 0.15) is 38.5 Å². The maximum absolute atomic E-state index is 5.82. The molecule has 0 aliphatic heterocycles. The first-order valence-corrected chi connectivity index (χ1v) is 4.06. The Morgan fingerprint density at radius 2 is 2.00 bits per heavy atom. The van der Waals surface area contributed by atoms with Crippen molar-refractivity contribution in [2.45, 2.75) is 44.6 Å². The van der Waals surface area contributed by atoms with Crippen LogP contribution in [0.25, 0.3) is 0 Å². The molecule has 2 N–H and O–H groups in total. The molecular weight excluding hydrogens is 110 g/mol. The average molecular weight is 125 g/mol. The van der Waals surface area contributed by atoms with Crippen molar-refractivity contribution < 1.29 is 0 Å². The van der Waals surface area contributed by atoms with Crippen LogP contribution in [0.3, 0.4) is 0 Å². The molecule has 0 radical (unpaired) electrons. The zero-order valence-corrected chi connectivity index (χ0v) is 5.90. The fourth-order valence-electron chi connectivity index (χ4n) is 2.38. The van der Waals surface area contributed by atoms with Crippen molar-refractivity contribution in [3.8, 4) is 0 Å². The minimum absolute atomic E-state index is 0.547. The largest absolute Gasteiger partial charge is 0.328 e. The summed E-state index contributed by atoms with van der Waals surface area (Å²) < 4.78 is 0. The van der Waals surface area contributed by atoms with E-state index in [2.05, 4.69) is 0 Å². The van der Waals surface area contributed by atoms with Gasteiger partial charge in [-0.15, -0.1) is 0 Å². The first kappa shape index (κ1) is 5.72. The summed E-state index contributed by atoms with van der Waals surface area (Å²) in [7, 11) is 0. The van der Waals surface area contributed by atoms with E-state index in [0.717, 1.165) is 5.41 Å². The van der Waals surface area contributed by atoms with Crippen molar-refractivity contribution in [2.75, 3.05) is 0 Å². The molecule has 0 amide bonds. The Morgan fingerprint density at radius 3 is 2.22 bits per heavy atom. The highest BCUT2D eigenvalue weighted by Gasteiger charge is 2.41. The van der Waals surface area contributed by atoms with E-state index in [-0.39, 0.29) is 0 Å². The van der Waals surface area contributed by atoms with Crippen LogP contribution in [0.5, 0.6) is 0 Å². The molecule has 1 atom stereocenters. The summed E-state index contributed by atoms with van der Waals surface area (Å²) in [5.41, 5.74) is 6.58. The molecule has 0 aromatic rings. The Kier molecular flexibility index (Phi) is 1.10. The van der Waals surface area contributed by atoms with E-state index in [1.807, 2.05) is 0 Å². The molecule has 2 saturated carbocycles. The van der Waals surface area contributed by atoms with Gasteiger partial charge < -0.3 is 5.73 Å². The highest BCUT2D eigenvalue weighted by atomic mass is 14.7.